The second kappa shape index (κ2) is 12.0. The highest BCUT2D eigenvalue weighted by Crippen LogP contribution is 2.31. The summed E-state index contributed by atoms with van der Waals surface area (Å²) in [5, 5.41) is 5.82. The number of nitrogens with zero attached hydrogens (tertiary/aromatic N) is 3. The molecule has 4 rings (SSSR count). The van der Waals surface area contributed by atoms with E-state index >= 15 is 0 Å². The molecular formula is C32H43N5O4. The first-order chi connectivity index (χ1) is 19.3. The van der Waals surface area contributed by atoms with Gasteiger partial charge in [0.15, 0.2) is 0 Å². The third kappa shape index (κ3) is 6.62. The first-order valence-corrected chi connectivity index (χ1v) is 14.3. The molecule has 2 saturated heterocycles. The summed E-state index contributed by atoms with van der Waals surface area (Å²) in [6.07, 6.45) is -0.274. The van der Waals surface area contributed by atoms with Crippen LogP contribution in [0, 0.1) is 19.3 Å². The van der Waals surface area contributed by atoms with Gasteiger partial charge in [0, 0.05) is 13.0 Å². The molecule has 2 fully saturated rings. The Kier molecular flexibility index (Phi) is 8.87. The average Bonchev–Trinajstić information content (AvgIpc) is 3.25. The second-order valence-corrected chi connectivity index (χ2v) is 12.5. The Morgan fingerprint density at radius 3 is 2.05 bits per heavy atom. The van der Waals surface area contributed by atoms with E-state index in [4.69, 9.17) is 0 Å². The minimum Gasteiger partial charge on any atom is -0.342 e. The summed E-state index contributed by atoms with van der Waals surface area (Å²) in [7, 11) is 1.69. The van der Waals surface area contributed by atoms with Crippen LogP contribution in [0.1, 0.15) is 49.9 Å². The third-order valence-electron chi connectivity index (χ3n) is 8.14. The zero-order valence-corrected chi connectivity index (χ0v) is 25.2. The monoisotopic (exact) mass is 561 g/mol. The van der Waals surface area contributed by atoms with E-state index in [1.54, 1.807) is 28.7 Å². The van der Waals surface area contributed by atoms with E-state index in [1.165, 1.54) is 0 Å². The van der Waals surface area contributed by atoms with Crippen LogP contribution in [0.5, 0.6) is 0 Å². The number of piperazine rings is 1. The zero-order chi connectivity index (χ0) is 30.1. The van der Waals surface area contributed by atoms with Crippen LogP contribution in [-0.2, 0) is 32.1 Å². The maximum atomic E-state index is 14.1. The Morgan fingerprint density at radius 2 is 1.51 bits per heavy atom. The van der Waals surface area contributed by atoms with E-state index in [-0.39, 0.29) is 36.7 Å². The van der Waals surface area contributed by atoms with Gasteiger partial charge >= 0.3 is 0 Å². The number of carbonyl (C=O) groups is 4. The summed E-state index contributed by atoms with van der Waals surface area (Å²) in [6, 6.07) is 13.9. The molecule has 9 heteroatoms. The Hall–Kier alpha value is -3.72. The normalized spacial score (nSPS) is 20.6. The lowest BCUT2D eigenvalue weighted by Crippen LogP contribution is -2.66. The number of carbonyl (C=O) groups excluding carboxylic acids is 4. The Bertz CT molecular complexity index is 1280. The molecule has 41 heavy (non-hydrogen) atoms. The highest BCUT2D eigenvalue weighted by molar-refractivity contribution is 5.97. The lowest BCUT2D eigenvalue weighted by Gasteiger charge is -2.45. The van der Waals surface area contributed by atoms with Crippen molar-refractivity contribution >= 4 is 23.6 Å². The van der Waals surface area contributed by atoms with E-state index in [0.29, 0.717) is 13.0 Å². The van der Waals surface area contributed by atoms with Crippen LogP contribution in [0.15, 0.2) is 48.5 Å². The van der Waals surface area contributed by atoms with Gasteiger partial charge in [0.1, 0.15) is 24.8 Å². The number of fused-ring (bicyclic) bond motifs is 1. The van der Waals surface area contributed by atoms with E-state index in [1.807, 2.05) is 83.1 Å². The number of hydrogen-bond acceptors (Lipinski definition) is 5. The van der Waals surface area contributed by atoms with E-state index in [0.717, 1.165) is 22.3 Å². The fraction of sp³-hybridized carbons (Fsp3) is 0.500. The number of aryl methyl sites for hydroxylation is 2. The van der Waals surface area contributed by atoms with Crippen LogP contribution in [-0.4, -0.2) is 82.8 Å². The molecule has 2 N–H and O–H groups in total. The SMILES string of the molecule is CN[C@@H](C)C(=O)N[C@H](C(=O)N1CC(=O)N2[C@@H]1CN(Cc1ccc(C)cc1)C(=O)[C@@H]2Cc1ccc(C)cc1)C(C)(C)C. The lowest BCUT2D eigenvalue weighted by molar-refractivity contribution is -0.157. The summed E-state index contributed by atoms with van der Waals surface area (Å²) in [4.78, 5) is 59.4. The molecule has 0 bridgehead atoms. The van der Waals surface area contributed by atoms with E-state index < -0.39 is 29.7 Å². The smallest absolute Gasteiger partial charge is 0.247 e. The molecule has 0 saturated carbocycles. The van der Waals surface area contributed by atoms with Gasteiger partial charge in [-0.2, -0.15) is 0 Å². The molecular weight excluding hydrogens is 518 g/mol. The van der Waals surface area contributed by atoms with Crippen molar-refractivity contribution in [2.24, 2.45) is 5.41 Å². The van der Waals surface area contributed by atoms with Crippen molar-refractivity contribution in [1.29, 1.82) is 0 Å². The predicted molar refractivity (Wildman–Crippen MR) is 158 cm³/mol. The number of benzene rings is 2. The van der Waals surface area contributed by atoms with E-state index in [2.05, 4.69) is 10.6 Å². The number of likely N-dealkylation sites (N-methyl/N-ethyl adjacent to an activating group) is 1. The molecule has 2 heterocycles. The first-order valence-electron chi connectivity index (χ1n) is 14.3. The maximum Gasteiger partial charge on any atom is 0.247 e. The van der Waals surface area contributed by atoms with Gasteiger partial charge in [-0.3, -0.25) is 19.2 Å². The highest BCUT2D eigenvalue weighted by Gasteiger charge is 2.53. The molecule has 0 unspecified atom stereocenters. The minimum atomic E-state index is -0.850. The number of rotatable bonds is 8. The lowest BCUT2D eigenvalue weighted by atomic mass is 9.85. The van der Waals surface area contributed by atoms with Crippen LogP contribution in [0.3, 0.4) is 0 Å². The molecule has 4 amide bonds. The van der Waals surface area contributed by atoms with Gasteiger partial charge in [0.25, 0.3) is 0 Å². The fourth-order valence-corrected chi connectivity index (χ4v) is 5.46. The third-order valence-corrected chi connectivity index (χ3v) is 8.14. The molecule has 2 aromatic rings. The van der Waals surface area contributed by atoms with Crippen molar-refractivity contribution in [3.63, 3.8) is 0 Å². The summed E-state index contributed by atoms with van der Waals surface area (Å²) in [5.41, 5.74) is 3.56. The maximum absolute atomic E-state index is 14.1. The fourth-order valence-electron chi connectivity index (χ4n) is 5.46. The molecule has 220 valence electrons. The molecule has 2 aliphatic rings. The zero-order valence-electron chi connectivity index (χ0n) is 25.2. The number of nitrogens with one attached hydrogen (secondary N) is 2. The second-order valence-electron chi connectivity index (χ2n) is 12.5. The number of hydrogen-bond donors (Lipinski definition) is 2. The van der Waals surface area contributed by atoms with Gasteiger partial charge in [-0.1, -0.05) is 80.4 Å². The van der Waals surface area contributed by atoms with Gasteiger partial charge in [-0.15, -0.1) is 0 Å². The van der Waals surface area contributed by atoms with Gasteiger partial charge < -0.3 is 25.3 Å². The van der Waals surface area contributed by atoms with Crippen molar-refractivity contribution in [3.8, 4) is 0 Å². The van der Waals surface area contributed by atoms with Crippen LogP contribution < -0.4 is 10.6 Å². The summed E-state index contributed by atoms with van der Waals surface area (Å²) >= 11 is 0. The topological polar surface area (TPSA) is 102 Å². The molecule has 2 aromatic carbocycles. The van der Waals surface area contributed by atoms with Crippen molar-refractivity contribution in [2.75, 3.05) is 20.1 Å². The molecule has 0 aliphatic carbocycles. The predicted octanol–water partition coefficient (Wildman–Crippen LogP) is 2.39. The molecule has 9 nitrogen and oxygen atoms in total. The van der Waals surface area contributed by atoms with E-state index in [9.17, 15) is 19.2 Å². The summed E-state index contributed by atoms with van der Waals surface area (Å²) < 4.78 is 0. The van der Waals surface area contributed by atoms with Crippen molar-refractivity contribution in [2.45, 2.75) is 78.8 Å². The van der Waals surface area contributed by atoms with Gasteiger partial charge in [-0.25, -0.2) is 0 Å². The van der Waals surface area contributed by atoms with Crippen LogP contribution >= 0.6 is 0 Å². The largest absolute Gasteiger partial charge is 0.342 e. The van der Waals surface area contributed by atoms with Crippen LogP contribution in [0.25, 0.3) is 0 Å². The van der Waals surface area contributed by atoms with Gasteiger partial charge in [0.05, 0.1) is 12.6 Å². The summed E-state index contributed by atoms with van der Waals surface area (Å²) in [5.74, 6) is -1.01. The molecule has 2 aliphatic heterocycles. The Morgan fingerprint density at radius 1 is 0.951 bits per heavy atom. The summed E-state index contributed by atoms with van der Waals surface area (Å²) in [6.45, 7) is 11.9. The van der Waals surface area contributed by atoms with Gasteiger partial charge in [-0.05, 0) is 44.4 Å². The first kappa shape index (κ1) is 30.2. The van der Waals surface area contributed by atoms with Crippen LogP contribution in [0.4, 0.5) is 0 Å². The number of amides is 4. The van der Waals surface area contributed by atoms with Crippen LogP contribution in [0.2, 0.25) is 0 Å². The molecule has 4 atom stereocenters. The molecule has 0 aromatic heterocycles. The molecule has 0 spiro atoms. The average molecular weight is 562 g/mol. The molecule has 0 radical (unpaired) electrons. The van der Waals surface area contributed by atoms with Gasteiger partial charge in [0.2, 0.25) is 23.6 Å². The Balaban J connectivity index is 1.68. The standard InChI is InChI=1S/C32H43N5O4/c1-20-8-12-23(13-9-20)16-25-30(40)35(17-24-14-10-21(2)11-15-24)18-26-36(19-27(38)37(25)26)31(41)28(32(4,5)6)34-29(39)22(3)33-7/h8-15,22,25-26,28,33H,16-19H2,1-7H3,(H,34,39)/t22-,25-,26+,28+/m0/s1. The quantitative estimate of drug-likeness (QED) is 0.516. The highest BCUT2D eigenvalue weighted by atomic mass is 16.2. The van der Waals surface area contributed by atoms with Crippen molar-refractivity contribution in [3.05, 3.63) is 70.8 Å². The Labute approximate surface area is 243 Å². The van der Waals surface area contributed by atoms with Crippen molar-refractivity contribution < 1.29 is 19.2 Å². The minimum absolute atomic E-state index is 0.131. The van der Waals surface area contributed by atoms with Crippen molar-refractivity contribution in [1.82, 2.24) is 25.3 Å².